The number of benzene rings is 1. The monoisotopic (exact) mass is 308 g/mol. The van der Waals surface area contributed by atoms with Gasteiger partial charge in [0.2, 0.25) is 0 Å². The lowest BCUT2D eigenvalue weighted by Crippen LogP contribution is -2.12. The molecule has 112 valence electrons. The molecule has 0 atom stereocenters. The molecule has 21 heavy (non-hydrogen) atoms. The van der Waals surface area contributed by atoms with Crippen molar-refractivity contribution >= 4 is 17.3 Å². The SMILES string of the molecule is CCCNCc1ccc(-c2cc(Cl)c([N+](=O)[O-])cc2C)o1. The van der Waals surface area contributed by atoms with Gasteiger partial charge >= 0.3 is 0 Å². The van der Waals surface area contributed by atoms with Gasteiger partial charge in [0.1, 0.15) is 16.5 Å². The molecule has 0 aliphatic rings. The van der Waals surface area contributed by atoms with E-state index in [1.165, 1.54) is 6.07 Å². The van der Waals surface area contributed by atoms with Crippen LogP contribution < -0.4 is 5.32 Å². The van der Waals surface area contributed by atoms with Gasteiger partial charge < -0.3 is 9.73 Å². The van der Waals surface area contributed by atoms with Gasteiger partial charge in [0.05, 0.1) is 11.5 Å². The van der Waals surface area contributed by atoms with Crippen LogP contribution in [0.4, 0.5) is 5.69 Å². The number of nitro groups is 1. The number of halogens is 1. The number of hydrogen-bond donors (Lipinski definition) is 1. The fraction of sp³-hybridized carbons (Fsp3) is 0.333. The Bertz CT molecular complexity index is 652. The van der Waals surface area contributed by atoms with Gasteiger partial charge in [0.15, 0.2) is 0 Å². The molecule has 0 bridgehead atoms. The van der Waals surface area contributed by atoms with E-state index in [9.17, 15) is 10.1 Å². The van der Waals surface area contributed by atoms with Crippen molar-refractivity contribution in [2.24, 2.45) is 0 Å². The lowest BCUT2D eigenvalue weighted by molar-refractivity contribution is -0.384. The zero-order chi connectivity index (χ0) is 15.4. The lowest BCUT2D eigenvalue weighted by Gasteiger charge is -2.05. The zero-order valence-electron chi connectivity index (χ0n) is 12.0. The maximum Gasteiger partial charge on any atom is 0.288 e. The Hall–Kier alpha value is -1.85. The Morgan fingerprint density at radius 1 is 1.38 bits per heavy atom. The van der Waals surface area contributed by atoms with Crippen molar-refractivity contribution in [3.63, 3.8) is 0 Å². The number of aryl methyl sites for hydroxylation is 1. The molecule has 0 fully saturated rings. The van der Waals surface area contributed by atoms with E-state index in [4.69, 9.17) is 16.0 Å². The third-order valence-electron chi connectivity index (χ3n) is 3.14. The fourth-order valence-corrected chi connectivity index (χ4v) is 2.31. The minimum absolute atomic E-state index is 0.0886. The van der Waals surface area contributed by atoms with E-state index in [-0.39, 0.29) is 10.7 Å². The van der Waals surface area contributed by atoms with Crippen molar-refractivity contribution in [2.75, 3.05) is 6.54 Å². The highest BCUT2D eigenvalue weighted by Gasteiger charge is 2.17. The van der Waals surface area contributed by atoms with Crippen LogP contribution in [0.1, 0.15) is 24.7 Å². The third-order valence-corrected chi connectivity index (χ3v) is 3.45. The molecule has 0 saturated carbocycles. The van der Waals surface area contributed by atoms with Crippen LogP contribution in [0.25, 0.3) is 11.3 Å². The van der Waals surface area contributed by atoms with Gasteiger partial charge in [-0.25, -0.2) is 0 Å². The van der Waals surface area contributed by atoms with Crippen LogP contribution >= 0.6 is 11.6 Å². The summed E-state index contributed by atoms with van der Waals surface area (Å²) in [6.07, 6.45) is 1.06. The average Bonchev–Trinajstić information content (AvgIpc) is 2.89. The number of nitro benzene ring substituents is 1. The first-order valence-electron chi connectivity index (χ1n) is 6.77. The molecule has 0 saturated heterocycles. The Kier molecular flexibility index (Phi) is 4.98. The van der Waals surface area contributed by atoms with E-state index in [1.54, 1.807) is 13.0 Å². The molecular weight excluding hydrogens is 292 g/mol. The second-order valence-electron chi connectivity index (χ2n) is 4.82. The van der Waals surface area contributed by atoms with Crippen molar-refractivity contribution in [2.45, 2.75) is 26.8 Å². The molecule has 1 N–H and O–H groups in total. The first-order chi connectivity index (χ1) is 10.0. The standard InChI is InChI=1S/C15H17ClN2O3/c1-3-6-17-9-11-4-5-15(21-11)12-8-13(16)14(18(19)20)7-10(12)2/h4-5,7-8,17H,3,6,9H2,1-2H3. The second-order valence-corrected chi connectivity index (χ2v) is 5.23. The van der Waals surface area contributed by atoms with E-state index in [1.807, 2.05) is 12.1 Å². The number of rotatable bonds is 6. The van der Waals surface area contributed by atoms with Gasteiger partial charge in [-0.15, -0.1) is 0 Å². The number of furan rings is 1. The van der Waals surface area contributed by atoms with Crippen LogP contribution in [-0.4, -0.2) is 11.5 Å². The van der Waals surface area contributed by atoms with Gasteiger partial charge in [0.25, 0.3) is 5.69 Å². The highest BCUT2D eigenvalue weighted by molar-refractivity contribution is 6.33. The van der Waals surface area contributed by atoms with Crippen molar-refractivity contribution in [3.8, 4) is 11.3 Å². The van der Waals surface area contributed by atoms with Gasteiger partial charge in [-0.2, -0.15) is 0 Å². The summed E-state index contributed by atoms with van der Waals surface area (Å²) in [5, 5.41) is 14.2. The minimum Gasteiger partial charge on any atom is -0.460 e. The largest absolute Gasteiger partial charge is 0.460 e. The molecule has 1 aromatic heterocycles. The van der Waals surface area contributed by atoms with Crippen LogP contribution in [-0.2, 0) is 6.54 Å². The van der Waals surface area contributed by atoms with E-state index >= 15 is 0 Å². The van der Waals surface area contributed by atoms with E-state index in [0.717, 1.165) is 29.9 Å². The molecule has 2 rings (SSSR count). The Labute approximate surface area is 128 Å². The van der Waals surface area contributed by atoms with Crippen molar-refractivity contribution < 1.29 is 9.34 Å². The van der Waals surface area contributed by atoms with Crippen LogP contribution in [0.2, 0.25) is 5.02 Å². The molecule has 6 heteroatoms. The molecule has 1 heterocycles. The minimum atomic E-state index is -0.485. The second kappa shape index (κ2) is 6.74. The summed E-state index contributed by atoms with van der Waals surface area (Å²) in [5.74, 6) is 1.49. The van der Waals surface area contributed by atoms with Crippen LogP contribution in [0, 0.1) is 17.0 Å². The third kappa shape index (κ3) is 3.62. The molecule has 0 radical (unpaired) electrons. The molecule has 0 aliphatic carbocycles. The lowest BCUT2D eigenvalue weighted by atomic mass is 10.1. The highest BCUT2D eigenvalue weighted by Crippen LogP contribution is 2.34. The molecule has 1 aromatic carbocycles. The first-order valence-corrected chi connectivity index (χ1v) is 7.15. The van der Waals surface area contributed by atoms with Gasteiger partial charge in [-0.3, -0.25) is 10.1 Å². The van der Waals surface area contributed by atoms with Crippen molar-refractivity contribution in [1.29, 1.82) is 0 Å². The maximum absolute atomic E-state index is 10.9. The normalized spacial score (nSPS) is 10.8. The van der Waals surface area contributed by atoms with Gasteiger partial charge in [-0.1, -0.05) is 18.5 Å². The molecule has 0 unspecified atom stereocenters. The predicted molar refractivity (Wildman–Crippen MR) is 82.5 cm³/mol. The molecule has 0 spiro atoms. The van der Waals surface area contributed by atoms with E-state index in [0.29, 0.717) is 12.3 Å². The summed E-state index contributed by atoms with van der Waals surface area (Å²) in [5.41, 5.74) is 1.44. The highest BCUT2D eigenvalue weighted by atomic mass is 35.5. The molecule has 0 aliphatic heterocycles. The molecular formula is C15H17ClN2O3. The summed E-state index contributed by atoms with van der Waals surface area (Å²) in [6, 6.07) is 6.80. The predicted octanol–water partition coefficient (Wildman–Crippen LogP) is 4.32. The molecule has 5 nitrogen and oxygen atoms in total. The van der Waals surface area contributed by atoms with Crippen molar-refractivity contribution in [3.05, 3.63) is 50.7 Å². The quantitative estimate of drug-likeness (QED) is 0.490. The summed E-state index contributed by atoms with van der Waals surface area (Å²) in [4.78, 5) is 10.4. The van der Waals surface area contributed by atoms with Crippen LogP contribution in [0.5, 0.6) is 0 Å². The Morgan fingerprint density at radius 3 is 2.81 bits per heavy atom. The van der Waals surface area contributed by atoms with Gasteiger partial charge in [-0.05, 0) is 43.7 Å². The Balaban J connectivity index is 2.26. The van der Waals surface area contributed by atoms with Gasteiger partial charge in [0, 0.05) is 11.6 Å². The van der Waals surface area contributed by atoms with E-state index < -0.39 is 4.92 Å². The Morgan fingerprint density at radius 2 is 2.14 bits per heavy atom. The first kappa shape index (κ1) is 15.5. The van der Waals surface area contributed by atoms with Crippen molar-refractivity contribution in [1.82, 2.24) is 5.32 Å². The maximum atomic E-state index is 10.9. The fourth-order valence-electron chi connectivity index (χ4n) is 2.08. The van der Waals surface area contributed by atoms with E-state index in [2.05, 4.69) is 12.2 Å². The number of nitrogens with zero attached hydrogens (tertiary/aromatic N) is 1. The topological polar surface area (TPSA) is 68.3 Å². The number of nitrogens with one attached hydrogen (secondary N) is 1. The smallest absolute Gasteiger partial charge is 0.288 e. The summed E-state index contributed by atoms with van der Waals surface area (Å²) >= 11 is 5.96. The van der Waals surface area contributed by atoms with Crippen LogP contribution in [0.15, 0.2) is 28.7 Å². The summed E-state index contributed by atoms with van der Waals surface area (Å²) < 4.78 is 5.76. The molecule has 0 amide bonds. The summed E-state index contributed by atoms with van der Waals surface area (Å²) in [6.45, 7) is 5.49. The zero-order valence-corrected chi connectivity index (χ0v) is 12.7. The average molecular weight is 309 g/mol. The summed E-state index contributed by atoms with van der Waals surface area (Å²) in [7, 11) is 0. The molecule has 2 aromatic rings. The van der Waals surface area contributed by atoms with Crippen LogP contribution in [0.3, 0.4) is 0 Å². The number of hydrogen-bond acceptors (Lipinski definition) is 4.